The van der Waals surface area contributed by atoms with Gasteiger partial charge in [0, 0.05) is 29.8 Å². The first-order chi connectivity index (χ1) is 10.8. The molecular weight excluding hydrogens is 312 g/mol. The molecule has 6 nitrogen and oxygen atoms in total. The van der Waals surface area contributed by atoms with E-state index in [2.05, 4.69) is 16.2 Å². The van der Waals surface area contributed by atoms with Crippen molar-refractivity contribution in [2.75, 3.05) is 11.4 Å². The Kier molecular flexibility index (Phi) is 5.20. The fraction of sp³-hybridized carbons (Fsp3) is 0.438. The molecule has 0 atom stereocenters. The molecule has 124 valence electrons. The van der Waals surface area contributed by atoms with Crippen LogP contribution in [0.15, 0.2) is 24.3 Å². The number of anilines is 1. The van der Waals surface area contributed by atoms with E-state index in [9.17, 15) is 9.59 Å². The first-order valence-corrected chi connectivity index (χ1v) is 7.96. The Bertz CT molecular complexity index is 608. The number of benzene rings is 1. The maximum atomic E-state index is 12.1. The Morgan fingerprint density at radius 3 is 2.35 bits per heavy atom. The van der Waals surface area contributed by atoms with Crippen molar-refractivity contribution in [2.45, 2.75) is 39.2 Å². The highest BCUT2D eigenvalue weighted by atomic mass is 32.1. The maximum Gasteiger partial charge on any atom is 0.269 e. The highest BCUT2D eigenvalue weighted by molar-refractivity contribution is 7.80. The molecule has 0 aliphatic carbocycles. The summed E-state index contributed by atoms with van der Waals surface area (Å²) in [7, 11) is 0. The second-order valence-corrected chi connectivity index (χ2v) is 6.89. The summed E-state index contributed by atoms with van der Waals surface area (Å²) in [6.45, 7) is 6.65. The Hall–Kier alpha value is -2.15. The van der Waals surface area contributed by atoms with E-state index in [0.29, 0.717) is 17.1 Å². The van der Waals surface area contributed by atoms with E-state index in [1.807, 2.05) is 20.8 Å². The van der Waals surface area contributed by atoms with Crippen molar-refractivity contribution in [1.82, 2.24) is 16.2 Å². The number of hydrogen-bond acceptors (Lipinski definition) is 3. The predicted octanol–water partition coefficient (Wildman–Crippen LogP) is 1.72. The quantitative estimate of drug-likeness (QED) is 0.567. The molecule has 0 spiro atoms. The van der Waals surface area contributed by atoms with E-state index in [4.69, 9.17) is 12.2 Å². The van der Waals surface area contributed by atoms with Gasteiger partial charge in [-0.15, -0.1) is 0 Å². The van der Waals surface area contributed by atoms with Gasteiger partial charge in [0.2, 0.25) is 5.91 Å². The summed E-state index contributed by atoms with van der Waals surface area (Å²) in [5.74, 6) is -0.162. The van der Waals surface area contributed by atoms with Gasteiger partial charge in [0.1, 0.15) is 0 Å². The van der Waals surface area contributed by atoms with E-state index in [-0.39, 0.29) is 17.4 Å². The first kappa shape index (κ1) is 17.2. The number of thiocarbonyl (C=S) groups is 1. The number of carbonyl (C=O) groups excluding carboxylic acids is 2. The van der Waals surface area contributed by atoms with E-state index in [1.165, 1.54) is 0 Å². The van der Waals surface area contributed by atoms with E-state index >= 15 is 0 Å². The molecule has 0 bridgehead atoms. The van der Waals surface area contributed by atoms with Gasteiger partial charge in [-0.05, 0) is 63.7 Å². The van der Waals surface area contributed by atoms with Crippen LogP contribution in [0.5, 0.6) is 0 Å². The second-order valence-electron chi connectivity index (χ2n) is 6.48. The van der Waals surface area contributed by atoms with Gasteiger partial charge in [-0.1, -0.05) is 0 Å². The number of hydrazine groups is 1. The van der Waals surface area contributed by atoms with Crippen LogP contribution in [0.2, 0.25) is 0 Å². The summed E-state index contributed by atoms with van der Waals surface area (Å²) < 4.78 is 0. The highest BCUT2D eigenvalue weighted by Gasteiger charge is 2.21. The van der Waals surface area contributed by atoms with Crippen LogP contribution in [0.25, 0.3) is 0 Å². The van der Waals surface area contributed by atoms with Crippen molar-refractivity contribution < 1.29 is 9.59 Å². The topological polar surface area (TPSA) is 73.5 Å². The molecule has 7 heteroatoms. The summed E-state index contributed by atoms with van der Waals surface area (Å²) >= 11 is 5.10. The molecule has 0 unspecified atom stereocenters. The molecule has 1 heterocycles. The van der Waals surface area contributed by atoms with Crippen molar-refractivity contribution in [1.29, 1.82) is 0 Å². The van der Waals surface area contributed by atoms with E-state index in [1.54, 1.807) is 29.2 Å². The third-order valence-corrected chi connectivity index (χ3v) is 3.50. The molecule has 2 rings (SSSR count). The van der Waals surface area contributed by atoms with Crippen LogP contribution in [-0.4, -0.2) is 29.0 Å². The second kappa shape index (κ2) is 6.95. The molecule has 1 aromatic rings. The number of nitrogens with zero attached hydrogens (tertiary/aromatic N) is 1. The van der Waals surface area contributed by atoms with Crippen molar-refractivity contribution in [3.05, 3.63) is 29.8 Å². The van der Waals surface area contributed by atoms with Gasteiger partial charge in [0.15, 0.2) is 5.11 Å². The Morgan fingerprint density at radius 1 is 1.17 bits per heavy atom. The SMILES string of the molecule is CC(C)(C)NC(=S)NNC(=O)c1ccc(N2CCCC2=O)cc1. The van der Waals surface area contributed by atoms with Crippen LogP contribution >= 0.6 is 12.2 Å². The van der Waals surface area contributed by atoms with Gasteiger partial charge < -0.3 is 10.2 Å². The lowest BCUT2D eigenvalue weighted by Crippen LogP contribution is -2.52. The summed E-state index contributed by atoms with van der Waals surface area (Å²) in [6, 6.07) is 6.95. The fourth-order valence-corrected chi connectivity index (χ4v) is 2.63. The zero-order chi connectivity index (χ0) is 17.0. The minimum absolute atomic E-state index is 0.127. The van der Waals surface area contributed by atoms with Gasteiger partial charge in [-0.25, -0.2) is 0 Å². The van der Waals surface area contributed by atoms with Crippen LogP contribution in [-0.2, 0) is 4.79 Å². The Morgan fingerprint density at radius 2 is 1.83 bits per heavy atom. The third kappa shape index (κ3) is 4.92. The van der Waals surface area contributed by atoms with Crippen LogP contribution in [0.4, 0.5) is 5.69 Å². The number of rotatable bonds is 2. The Balaban J connectivity index is 1.90. The molecule has 3 N–H and O–H groups in total. The monoisotopic (exact) mass is 334 g/mol. The third-order valence-electron chi connectivity index (χ3n) is 3.29. The molecule has 23 heavy (non-hydrogen) atoms. The van der Waals surface area contributed by atoms with Crippen LogP contribution in [0.1, 0.15) is 44.0 Å². The van der Waals surface area contributed by atoms with E-state index in [0.717, 1.165) is 18.7 Å². The maximum absolute atomic E-state index is 12.1. The molecule has 1 aromatic carbocycles. The number of carbonyl (C=O) groups is 2. The van der Waals surface area contributed by atoms with Gasteiger partial charge in [0.05, 0.1) is 0 Å². The van der Waals surface area contributed by atoms with Gasteiger partial charge in [-0.3, -0.25) is 20.4 Å². The molecule has 2 amide bonds. The summed E-state index contributed by atoms with van der Waals surface area (Å²) in [5, 5.41) is 3.39. The zero-order valence-electron chi connectivity index (χ0n) is 13.6. The lowest BCUT2D eigenvalue weighted by Gasteiger charge is -2.23. The van der Waals surface area contributed by atoms with Crippen molar-refractivity contribution in [3.63, 3.8) is 0 Å². The summed E-state index contributed by atoms with van der Waals surface area (Å²) in [5.41, 5.74) is 6.35. The zero-order valence-corrected chi connectivity index (χ0v) is 14.4. The minimum atomic E-state index is -0.289. The molecule has 0 radical (unpaired) electrons. The lowest BCUT2D eigenvalue weighted by molar-refractivity contribution is -0.117. The molecule has 1 aliphatic heterocycles. The van der Waals surface area contributed by atoms with Crippen molar-refractivity contribution in [2.24, 2.45) is 0 Å². The number of nitrogens with one attached hydrogen (secondary N) is 3. The normalized spacial score (nSPS) is 14.6. The van der Waals surface area contributed by atoms with Crippen molar-refractivity contribution >= 4 is 34.8 Å². The molecule has 1 saturated heterocycles. The summed E-state index contributed by atoms with van der Waals surface area (Å²) in [4.78, 5) is 25.5. The van der Waals surface area contributed by atoms with Crippen LogP contribution in [0, 0.1) is 0 Å². The van der Waals surface area contributed by atoms with Gasteiger partial charge in [0.25, 0.3) is 5.91 Å². The average Bonchev–Trinajstić information content (AvgIpc) is 2.89. The van der Waals surface area contributed by atoms with Gasteiger partial charge >= 0.3 is 0 Å². The molecule has 0 aromatic heterocycles. The average molecular weight is 334 g/mol. The number of amides is 2. The number of hydrogen-bond donors (Lipinski definition) is 3. The predicted molar refractivity (Wildman–Crippen MR) is 94.1 cm³/mol. The smallest absolute Gasteiger partial charge is 0.269 e. The van der Waals surface area contributed by atoms with Crippen LogP contribution < -0.4 is 21.1 Å². The summed E-state index contributed by atoms with van der Waals surface area (Å²) in [6.07, 6.45) is 1.47. The molecule has 0 saturated carbocycles. The Labute approximate surface area is 141 Å². The van der Waals surface area contributed by atoms with Crippen molar-refractivity contribution in [3.8, 4) is 0 Å². The van der Waals surface area contributed by atoms with E-state index < -0.39 is 0 Å². The molecule has 1 aliphatic rings. The largest absolute Gasteiger partial charge is 0.357 e. The van der Waals surface area contributed by atoms with Gasteiger partial charge in [-0.2, -0.15) is 0 Å². The fourth-order valence-electron chi connectivity index (χ4n) is 2.27. The lowest BCUT2D eigenvalue weighted by atomic mass is 10.1. The highest BCUT2D eigenvalue weighted by Crippen LogP contribution is 2.21. The molecular formula is C16H22N4O2S. The van der Waals surface area contributed by atoms with Crippen LogP contribution in [0.3, 0.4) is 0 Å². The molecule has 1 fully saturated rings. The first-order valence-electron chi connectivity index (χ1n) is 7.55. The minimum Gasteiger partial charge on any atom is -0.357 e. The standard InChI is InChI=1S/C16H22N4O2S/c1-16(2,3)17-15(23)19-18-14(22)11-6-8-12(9-7-11)20-10-4-5-13(20)21/h6-9H,4-5,10H2,1-3H3,(H,18,22)(H2,17,19,23).